The zero-order chi connectivity index (χ0) is 32.1. The second-order valence-electron chi connectivity index (χ2n) is 11.3. The molecule has 0 fully saturated rings. The standard InChI is InChI=1S/C42H28N6/c1-4-12-29(13-5-1)35-26-38(36-18-10-11-25-43-36)45-39(27-35)37-24-23-34(28-44-37)30-19-21-33(22-20-30)42-47-40(31-14-6-2-7-15-31)46-41(48-42)32-16-8-3-9-17-32/h1-28H. The summed E-state index contributed by atoms with van der Waals surface area (Å²) in [4.78, 5) is 28.9. The van der Waals surface area contributed by atoms with Crippen LogP contribution in [0.2, 0.25) is 0 Å². The lowest BCUT2D eigenvalue weighted by Crippen LogP contribution is -2.00. The quantitative estimate of drug-likeness (QED) is 0.177. The van der Waals surface area contributed by atoms with Gasteiger partial charge in [-0.2, -0.15) is 0 Å². The van der Waals surface area contributed by atoms with Crippen molar-refractivity contribution in [3.63, 3.8) is 0 Å². The van der Waals surface area contributed by atoms with E-state index in [1.165, 1.54) is 0 Å². The molecule has 0 radical (unpaired) electrons. The Balaban J connectivity index is 1.11. The minimum Gasteiger partial charge on any atom is -0.255 e. The highest BCUT2D eigenvalue weighted by Gasteiger charge is 2.14. The smallest absolute Gasteiger partial charge is 0.164 e. The molecule has 8 aromatic rings. The van der Waals surface area contributed by atoms with Gasteiger partial charge in [-0.1, -0.05) is 127 Å². The van der Waals surface area contributed by atoms with Gasteiger partial charge in [0.15, 0.2) is 17.5 Å². The molecule has 4 aromatic carbocycles. The number of pyridine rings is 3. The zero-order valence-electron chi connectivity index (χ0n) is 25.8. The van der Waals surface area contributed by atoms with E-state index in [0.717, 1.165) is 61.7 Å². The summed E-state index contributed by atoms with van der Waals surface area (Å²) >= 11 is 0. The van der Waals surface area contributed by atoms with Gasteiger partial charge in [0.1, 0.15) is 0 Å². The van der Waals surface area contributed by atoms with Gasteiger partial charge in [0.2, 0.25) is 0 Å². The Morgan fingerprint density at radius 2 is 0.708 bits per heavy atom. The van der Waals surface area contributed by atoms with E-state index in [1.807, 2.05) is 121 Å². The first-order chi connectivity index (χ1) is 23.8. The van der Waals surface area contributed by atoms with Gasteiger partial charge in [-0.3, -0.25) is 9.97 Å². The maximum absolute atomic E-state index is 4.96. The van der Waals surface area contributed by atoms with Crippen molar-refractivity contribution in [3.05, 3.63) is 170 Å². The number of rotatable bonds is 7. The van der Waals surface area contributed by atoms with Crippen molar-refractivity contribution in [2.24, 2.45) is 0 Å². The summed E-state index contributed by atoms with van der Waals surface area (Å²) in [6, 6.07) is 52.7. The molecule has 0 saturated carbocycles. The Hall–Kier alpha value is -6.66. The van der Waals surface area contributed by atoms with Crippen LogP contribution in [0.3, 0.4) is 0 Å². The Labute approximate surface area is 278 Å². The fourth-order valence-corrected chi connectivity index (χ4v) is 5.57. The summed E-state index contributed by atoms with van der Waals surface area (Å²) in [7, 11) is 0. The third-order valence-corrected chi connectivity index (χ3v) is 8.06. The molecule has 48 heavy (non-hydrogen) atoms. The van der Waals surface area contributed by atoms with Crippen molar-refractivity contribution >= 4 is 0 Å². The molecule has 0 bridgehead atoms. The first kappa shape index (κ1) is 28.8. The topological polar surface area (TPSA) is 77.3 Å². The number of benzene rings is 4. The Morgan fingerprint density at radius 3 is 1.21 bits per heavy atom. The molecule has 226 valence electrons. The highest BCUT2D eigenvalue weighted by atomic mass is 15.0. The van der Waals surface area contributed by atoms with Crippen molar-refractivity contribution < 1.29 is 0 Å². The fourth-order valence-electron chi connectivity index (χ4n) is 5.57. The summed E-state index contributed by atoms with van der Waals surface area (Å²) in [6.07, 6.45) is 3.68. The summed E-state index contributed by atoms with van der Waals surface area (Å²) in [5, 5.41) is 0. The third-order valence-electron chi connectivity index (χ3n) is 8.06. The first-order valence-corrected chi connectivity index (χ1v) is 15.7. The van der Waals surface area contributed by atoms with Crippen LogP contribution in [0.15, 0.2) is 170 Å². The van der Waals surface area contributed by atoms with Crippen LogP contribution in [0.4, 0.5) is 0 Å². The monoisotopic (exact) mass is 616 g/mol. The van der Waals surface area contributed by atoms with Gasteiger partial charge in [0, 0.05) is 34.6 Å². The molecule has 4 aromatic heterocycles. The molecule has 6 heteroatoms. The normalized spacial score (nSPS) is 10.9. The van der Waals surface area contributed by atoms with E-state index in [1.54, 1.807) is 6.20 Å². The Morgan fingerprint density at radius 1 is 0.271 bits per heavy atom. The third kappa shape index (κ3) is 6.10. The van der Waals surface area contributed by atoms with Crippen molar-refractivity contribution in [2.45, 2.75) is 0 Å². The van der Waals surface area contributed by atoms with Gasteiger partial charge in [-0.15, -0.1) is 0 Å². The number of hydrogen-bond donors (Lipinski definition) is 0. The van der Waals surface area contributed by atoms with Gasteiger partial charge in [0.25, 0.3) is 0 Å². The average Bonchev–Trinajstić information content (AvgIpc) is 3.19. The molecule has 0 atom stereocenters. The molecular formula is C42H28N6. The van der Waals surface area contributed by atoms with Crippen LogP contribution in [0.1, 0.15) is 0 Å². The van der Waals surface area contributed by atoms with Crippen LogP contribution in [-0.2, 0) is 0 Å². The minimum atomic E-state index is 0.621. The molecule has 0 amide bonds. The SMILES string of the molecule is c1ccc(-c2cc(-c3ccccn3)nc(-c3ccc(-c4ccc(-c5nc(-c6ccccc6)nc(-c6ccccc6)n5)cc4)cn3)c2)cc1. The molecule has 8 rings (SSSR count). The summed E-state index contributed by atoms with van der Waals surface area (Å²) in [5.74, 6) is 1.90. The second kappa shape index (κ2) is 13.0. The van der Waals surface area contributed by atoms with Gasteiger partial charge in [-0.25, -0.2) is 19.9 Å². The number of nitrogens with zero attached hydrogens (tertiary/aromatic N) is 6. The highest BCUT2D eigenvalue weighted by molar-refractivity contribution is 5.76. The molecule has 0 spiro atoms. The molecule has 0 aliphatic rings. The van der Waals surface area contributed by atoms with Gasteiger partial charge >= 0.3 is 0 Å². The molecule has 6 nitrogen and oxygen atoms in total. The lowest BCUT2D eigenvalue weighted by atomic mass is 10.0. The predicted molar refractivity (Wildman–Crippen MR) is 191 cm³/mol. The van der Waals surface area contributed by atoms with Crippen LogP contribution in [0.5, 0.6) is 0 Å². The maximum Gasteiger partial charge on any atom is 0.164 e. The molecule has 0 aliphatic heterocycles. The summed E-state index contributed by atoms with van der Waals surface area (Å²) < 4.78 is 0. The van der Waals surface area contributed by atoms with Crippen LogP contribution in [0, 0.1) is 0 Å². The van der Waals surface area contributed by atoms with E-state index >= 15 is 0 Å². The second-order valence-corrected chi connectivity index (χ2v) is 11.3. The van der Waals surface area contributed by atoms with Crippen LogP contribution >= 0.6 is 0 Å². The molecule has 0 unspecified atom stereocenters. The maximum atomic E-state index is 4.96. The van der Waals surface area contributed by atoms with E-state index in [-0.39, 0.29) is 0 Å². The van der Waals surface area contributed by atoms with Crippen molar-refractivity contribution in [3.8, 4) is 79.2 Å². The van der Waals surface area contributed by atoms with E-state index < -0.39 is 0 Å². The van der Waals surface area contributed by atoms with E-state index in [0.29, 0.717) is 17.5 Å². The summed E-state index contributed by atoms with van der Waals surface area (Å²) in [6.45, 7) is 0. The van der Waals surface area contributed by atoms with Crippen LogP contribution in [-0.4, -0.2) is 29.9 Å². The van der Waals surface area contributed by atoms with E-state index in [4.69, 9.17) is 24.9 Å². The molecule has 0 saturated heterocycles. The molecule has 0 N–H and O–H groups in total. The van der Waals surface area contributed by atoms with Crippen molar-refractivity contribution in [1.29, 1.82) is 0 Å². The number of aromatic nitrogens is 6. The Kier molecular flexibility index (Phi) is 7.79. The summed E-state index contributed by atoms with van der Waals surface area (Å²) in [5.41, 5.74) is 10.2. The molecule has 0 aliphatic carbocycles. The van der Waals surface area contributed by atoms with E-state index in [2.05, 4.69) is 47.4 Å². The first-order valence-electron chi connectivity index (χ1n) is 15.7. The molecular weight excluding hydrogens is 589 g/mol. The van der Waals surface area contributed by atoms with Crippen LogP contribution in [0.25, 0.3) is 79.2 Å². The van der Waals surface area contributed by atoms with Crippen molar-refractivity contribution in [2.75, 3.05) is 0 Å². The highest BCUT2D eigenvalue weighted by Crippen LogP contribution is 2.31. The average molecular weight is 617 g/mol. The molecule has 4 heterocycles. The lowest BCUT2D eigenvalue weighted by molar-refractivity contribution is 1.07. The predicted octanol–water partition coefficient (Wildman–Crippen LogP) is 9.73. The van der Waals surface area contributed by atoms with Gasteiger partial charge < -0.3 is 0 Å². The van der Waals surface area contributed by atoms with Crippen molar-refractivity contribution in [1.82, 2.24) is 29.9 Å². The lowest BCUT2D eigenvalue weighted by Gasteiger charge is -2.10. The largest absolute Gasteiger partial charge is 0.255 e. The Bertz CT molecular complexity index is 2010. The van der Waals surface area contributed by atoms with Gasteiger partial charge in [-0.05, 0) is 47.0 Å². The minimum absolute atomic E-state index is 0.621. The zero-order valence-corrected chi connectivity index (χ0v) is 25.8. The van der Waals surface area contributed by atoms with Crippen LogP contribution < -0.4 is 0 Å². The van der Waals surface area contributed by atoms with Gasteiger partial charge in [0.05, 0.1) is 22.8 Å². The fraction of sp³-hybridized carbons (Fsp3) is 0. The number of hydrogen-bond acceptors (Lipinski definition) is 6. The van der Waals surface area contributed by atoms with E-state index in [9.17, 15) is 0 Å².